The quantitative estimate of drug-likeness (QED) is 0.740. The van der Waals surface area contributed by atoms with E-state index in [1.165, 1.54) is 12.2 Å². The molecule has 0 saturated carbocycles. The molecular formula is C13H11NO3. The largest absolute Gasteiger partial charge is 0.481 e. The second-order valence-electron chi connectivity index (χ2n) is 3.80. The minimum Gasteiger partial charge on any atom is -0.481 e. The van der Waals surface area contributed by atoms with E-state index in [0.717, 1.165) is 0 Å². The molecule has 1 aliphatic carbocycles. The molecular weight excluding hydrogens is 218 g/mol. The number of carboxylic acid groups (broad SMARTS) is 1. The maximum absolute atomic E-state index is 11.3. The molecule has 0 radical (unpaired) electrons. The summed E-state index contributed by atoms with van der Waals surface area (Å²) in [4.78, 5) is 21.7. The maximum Gasteiger partial charge on any atom is 0.303 e. The zero-order valence-corrected chi connectivity index (χ0v) is 9.14. The van der Waals surface area contributed by atoms with Crippen molar-refractivity contribution in [2.45, 2.75) is 19.3 Å². The Kier molecular flexibility index (Phi) is 3.85. The molecule has 1 aliphatic rings. The normalized spacial score (nSPS) is 22.5. The highest BCUT2D eigenvalue weighted by Crippen LogP contribution is 2.32. The monoisotopic (exact) mass is 229 g/mol. The lowest BCUT2D eigenvalue weighted by atomic mass is 9.78. The van der Waals surface area contributed by atoms with Gasteiger partial charge in [-0.05, 0) is 25.0 Å². The highest BCUT2D eigenvalue weighted by molar-refractivity contribution is 6.08. The molecule has 0 bridgehead atoms. The fourth-order valence-electron chi connectivity index (χ4n) is 1.63. The molecule has 0 amide bonds. The highest BCUT2D eigenvalue weighted by Gasteiger charge is 2.27. The Morgan fingerprint density at radius 1 is 1.59 bits per heavy atom. The van der Waals surface area contributed by atoms with Gasteiger partial charge in [-0.3, -0.25) is 9.59 Å². The van der Waals surface area contributed by atoms with Crippen LogP contribution >= 0.6 is 0 Å². The van der Waals surface area contributed by atoms with Gasteiger partial charge in [0.15, 0.2) is 5.78 Å². The van der Waals surface area contributed by atoms with Crippen molar-refractivity contribution >= 4 is 11.8 Å². The fraction of sp³-hybridized carbons (Fsp3) is 0.308. The molecule has 86 valence electrons. The number of terminal acetylenes is 1. The summed E-state index contributed by atoms with van der Waals surface area (Å²) < 4.78 is 0. The Hall–Kier alpha value is -2.33. The van der Waals surface area contributed by atoms with E-state index in [4.69, 9.17) is 16.8 Å². The van der Waals surface area contributed by atoms with E-state index >= 15 is 0 Å². The Morgan fingerprint density at radius 3 is 2.82 bits per heavy atom. The lowest BCUT2D eigenvalue weighted by Crippen LogP contribution is -2.19. The van der Waals surface area contributed by atoms with Crippen LogP contribution < -0.4 is 0 Å². The van der Waals surface area contributed by atoms with Gasteiger partial charge in [0.2, 0.25) is 0 Å². The van der Waals surface area contributed by atoms with E-state index in [9.17, 15) is 9.59 Å². The Morgan fingerprint density at radius 2 is 2.29 bits per heavy atom. The molecule has 1 N–H and O–H groups in total. The average Bonchev–Trinajstić information content (AvgIpc) is 2.31. The third kappa shape index (κ3) is 3.06. The molecule has 4 nitrogen and oxygen atoms in total. The van der Waals surface area contributed by atoms with Gasteiger partial charge in [0.1, 0.15) is 6.07 Å². The molecule has 1 rings (SSSR count). The number of carbonyl (C=O) groups is 2. The van der Waals surface area contributed by atoms with E-state index in [1.807, 2.05) is 0 Å². The van der Waals surface area contributed by atoms with Crippen molar-refractivity contribution in [3.63, 3.8) is 0 Å². The molecule has 17 heavy (non-hydrogen) atoms. The van der Waals surface area contributed by atoms with Crippen LogP contribution in [-0.2, 0) is 9.59 Å². The van der Waals surface area contributed by atoms with Gasteiger partial charge in [0, 0.05) is 6.42 Å². The van der Waals surface area contributed by atoms with Crippen LogP contribution in [0.5, 0.6) is 0 Å². The molecule has 0 heterocycles. The molecule has 1 unspecified atom stereocenters. The topological polar surface area (TPSA) is 78.2 Å². The van der Waals surface area contributed by atoms with Crippen molar-refractivity contribution in [3.05, 3.63) is 23.8 Å². The van der Waals surface area contributed by atoms with Crippen LogP contribution in [0.2, 0.25) is 0 Å². The molecule has 0 fully saturated rings. The second kappa shape index (κ2) is 5.14. The first-order valence-electron chi connectivity index (χ1n) is 5.09. The predicted molar refractivity (Wildman–Crippen MR) is 60.6 cm³/mol. The number of ketones is 1. The smallest absolute Gasteiger partial charge is 0.303 e. The number of allylic oxidation sites excluding steroid dienone is 4. The Bertz CT molecular complexity index is 488. The number of hydrogen-bond acceptors (Lipinski definition) is 3. The van der Waals surface area contributed by atoms with Gasteiger partial charge < -0.3 is 5.11 Å². The molecule has 4 heteroatoms. The molecule has 0 aromatic heterocycles. The van der Waals surface area contributed by atoms with Crippen molar-refractivity contribution in [1.82, 2.24) is 0 Å². The van der Waals surface area contributed by atoms with Crippen molar-refractivity contribution in [1.29, 1.82) is 5.26 Å². The van der Waals surface area contributed by atoms with Crippen LogP contribution in [0.4, 0.5) is 0 Å². The number of carbonyl (C=O) groups excluding carboxylic acids is 1. The summed E-state index contributed by atoms with van der Waals surface area (Å²) in [5.41, 5.74) is -0.796. The molecule has 0 spiro atoms. The van der Waals surface area contributed by atoms with Gasteiger partial charge in [0.25, 0.3) is 0 Å². The molecule has 0 saturated heterocycles. The number of rotatable bonds is 4. The number of carboxylic acids is 1. The first kappa shape index (κ1) is 12.7. The Balaban J connectivity index is 2.84. The molecule has 1 atom stereocenters. The van der Waals surface area contributed by atoms with E-state index in [-0.39, 0.29) is 17.8 Å². The van der Waals surface area contributed by atoms with Crippen molar-refractivity contribution < 1.29 is 14.7 Å². The standard InChI is InChI=1S/C13H11NO3/c1-2-13(6-3-4-12(16)17)7-5-11(15)10(8-13)9-14/h1,5,7-8H,3-4,6H2,(H,16,17). The summed E-state index contributed by atoms with van der Waals surface area (Å²) in [5.74, 6) is 1.26. The van der Waals surface area contributed by atoms with Crippen LogP contribution in [0.25, 0.3) is 0 Å². The lowest BCUT2D eigenvalue weighted by molar-refractivity contribution is -0.137. The van der Waals surface area contributed by atoms with E-state index in [0.29, 0.717) is 12.8 Å². The van der Waals surface area contributed by atoms with Gasteiger partial charge in [0.05, 0.1) is 11.0 Å². The summed E-state index contributed by atoms with van der Waals surface area (Å²) in [6.07, 6.45) is 10.5. The van der Waals surface area contributed by atoms with Crippen molar-refractivity contribution in [3.8, 4) is 18.4 Å². The van der Waals surface area contributed by atoms with Crippen LogP contribution in [0.1, 0.15) is 19.3 Å². The van der Waals surface area contributed by atoms with Crippen molar-refractivity contribution in [2.75, 3.05) is 0 Å². The first-order chi connectivity index (χ1) is 8.03. The first-order valence-corrected chi connectivity index (χ1v) is 5.09. The van der Waals surface area contributed by atoms with Gasteiger partial charge in [-0.2, -0.15) is 5.26 Å². The predicted octanol–water partition coefficient (Wildman–Crippen LogP) is 1.45. The average molecular weight is 229 g/mol. The zero-order valence-electron chi connectivity index (χ0n) is 9.14. The summed E-state index contributed by atoms with van der Waals surface area (Å²) in [7, 11) is 0. The molecule has 0 aromatic rings. The summed E-state index contributed by atoms with van der Waals surface area (Å²) in [5, 5.41) is 17.3. The van der Waals surface area contributed by atoms with Crippen LogP contribution in [-0.4, -0.2) is 16.9 Å². The third-order valence-corrected chi connectivity index (χ3v) is 2.57. The third-order valence-electron chi connectivity index (χ3n) is 2.57. The SMILES string of the molecule is C#CC1(CCCC(=O)O)C=CC(=O)C(C#N)=C1. The Labute approximate surface area is 99.2 Å². The number of nitriles is 1. The second-order valence-corrected chi connectivity index (χ2v) is 3.80. The van der Waals surface area contributed by atoms with E-state index < -0.39 is 11.4 Å². The maximum atomic E-state index is 11.3. The van der Waals surface area contributed by atoms with E-state index in [1.54, 1.807) is 12.1 Å². The van der Waals surface area contributed by atoms with Crippen LogP contribution in [0.15, 0.2) is 23.8 Å². The van der Waals surface area contributed by atoms with Gasteiger partial charge in [-0.1, -0.05) is 12.0 Å². The van der Waals surface area contributed by atoms with Gasteiger partial charge in [-0.25, -0.2) is 0 Å². The van der Waals surface area contributed by atoms with Crippen molar-refractivity contribution in [2.24, 2.45) is 5.41 Å². The summed E-state index contributed by atoms with van der Waals surface area (Å²) in [6.45, 7) is 0. The minimum atomic E-state index is -0.891. The number of aliphatic carboxylic acids is 1. The number of hydrogen-bond donors (Lipinski definition) is 1. The minimum absolute atomic E-state index is 0.0146. The van der Waals surface area contributed by atoms with E-state index in [2.05, 4.69) is 5.92 Å². The van der Waals surface area contributed by atoms with Gasteiger partial charge >= 0.3 is 5.97 Å². The number of nitrogens with zero attached hydrogens (tertiary/aromatic N) is 1. The summed E-state index contributed by atoms with van der Waals surface area (Å²) >= 11 is 0. The fourth-order valence-corrected chi connectivity index (χ4v) is 1.63. The van der Waals surface area contributed by atoms with Crippen LogP contribution in [0.3, 0.4) is 0 Å². The molecule has 0 aromatic carbocycles. The van der Waals surface area contributed by atoms with Gasteiger partial charge in [-0.15, -0.1) is 6.42 Å². The highest BCUT2D eigenvalue weighted by atomic mass is 16.4. The van der Waals surface area contributed by atoms with Crippen LogP contribution in [0, 0.1) is 29.1 Å². The zero-order chi connectivity index (χ0) is 12.9. The lowest BCUT2D eigenvalue weighted by Gasteiger charge is -2.23. The molecule has 0 aliphatic heterocycles. The summed E-state index contributed by atoms with van der Waals surface area (Å²) in [6, 6.07) is 1.79.